The Bertz CT molecular complexity index is 965. The maximum atomic E-state index is 13.4. The summed E-state index contributed by atoms with van der Waals surface area (Å²) in [7, 11) is 0. The van der Waals surface area contributed by atoms with Crippen LogP contribution in [0.3, 0.4) is 0 Å². The number of aliphatic carboxylic acids is 1. The van der Waals surface area contributed by atoms with E-state index in [0.29, 0.717) is 12.7 Å². The third kappa shape index (κ3) is 7.66. The average Bonchev–Trinajstić information content (AvgIpc) is 2.92. The van der Waals surface area contributed by atoms with E-state index in [1.165, 1.54) is 23.2 Å². The van der Waals surface area contributed by atoms with Crippen molar-refractivity contribution in [2.24, 2.45) is 0 Å². The number of hydrazine groups is 1. The second-order valence-corrected chi connectivity index (χ2v) is 8.66. The number of carbonyl (C=O) groups is 6. The van der Waals surface area contributed by atoms with Crippen LogP contribution in [0.5, 0.6) is 0 Å². The number of carboxylic acids is 1. The van der Waals surface area contributed by atoms with Crippen molar-refractivity contribution in [1.29, 1.82) is 0 Å². The molecular formula is C22H26Cl2N4O7. The number of hydrogen-bond donors (Lipinski definition) is 3. The Hall–Kier alpha value is -3.18. The first-order valence-corrected chi connectivity index (χ1v) is 11.7. The lowest BCUT2D eigenvalue weighted by Crippen LogP contribution is -2.64. The van der Waals surface area contributed by atoms with Gasteiger partial charge in [-0.1, -0.05) is 24.3 Å². The second kappa shape index (κ2) is 13.1. The number of aldehydes is 1. The molecule has 0 saturated carbocycles. The third-order valence-corrected chi connectivity index (χ3v) is 5.64. The quantitative estimate of drug-likeness (QED) is 0.162. The zero-order chi connectivity index (χ0) is 26.1. The van der Waals surface area contributed by atoms with Crippen LogP contribution >= 0.6 is 23.2 Å². The number of rotatable bonds is 10. The predicted molar refractivity (Wildman–Crippen MR) is 126 cm³/mol. The molecule has 13 heteroatoms. The summed E-state index contributed by atoms with van der Waals surface area (Å²) in [4.78, 5) is 74.0. The summed E-state index contributed by atoms with van der Waals surface area (Å²) in [5.74, 6) is -3.77. The molecule has 0 spiro atoms. The summed E-state index contributed by atoms with van der Waals surface area (Å²) in [6.07, 6.45) is 4.36. The van der Waals surface area contributed by atoms with E-state index in [-0.39, 0.29) is 42.3 Å². The molecule has 2 fully saturated rings. The first kappa shape index (κ1) is 28.1. The number of carboxylic acid groups (broad SMARTS) is 1. The standard InChI is InChI=1S/C22H26Cl2N4O7/c1-13(24)4-5-14(8-9-23)20(33)26-16-6-7-18(30)27-10-2-3-17(28(27)22(16)35)21(34)25-15(12-29)11-19(31)32/h4-5,8,12,15-17H,1-3,6-7,9-11H2,(H,25,34)(H,26,33)(H,31,32)/b5-4-,14-8+/t15-,16-,17-/m0/s1. The van der Waals surface area contributed by atoms with Crippen LogP contribution in [0.15, 0.2) is 35.4 Å². The SMILES string of the molecule is C=C(Cl)/C=C\C(=C/CCl)C(=O)N[C@H]1CCC(=O)N2CCC[C@@H](C(=O)N[C@H](C=O)CC(=O)O)N2C1=O. The van der Waals surface area contributed by atoms with E-state index in [0.717, 1.165) is 5.01 Å². The van der Waals surface area contributed by atoms with Gasteiger partial charge in [0, 0.05) is 29.5 Å². The molecule has 11 nitrogen and oxygen atoms in total. The Morgan fingerprint density at radius 1 is 1.23 bits per heavy atom. The number of fused-ring (bicyclic) bond motifs is 1. The fraction of sp³-hybridized carbons (Fsp3) is 0.455. The van der Waals surface area contributed by atoms with E-state index < -0.39 is 54.1 Å². The van der Waals surface area contributed by atoms with Crippen LogP contribution in [0.25, 0.3) is 0 Å². The number of nitrogens with one attached hydrogen (secondary N) is 2. The second-order valence-electron chi connectivity index (χ2n) is 7.87. The molecule has 2 saturated heterocycles. The Morgan fingerprint density at radius 3 is 2.54 bits per heavy atom. The van der Waals surface area contributed by atoms with Gasteiger partial charge in [-0.3, -0.25) is 29.0 Å². The zero-order valence-electron chi connectivity index (χ0n) is 18.7. The lowest BCUT2D eigenvalue weighted by molar-refractivity contribution is -0.176. The van der Waals surface area contributed by atoms with Gasteiger partial charge in [0.05, 0.1) is 12.5 Å². The Morgan fingerprint density at radius 2 is 1.94 bits per heavy atom. The molecule has 4 amide bonds. The number of alkyl halides is 1. The molecule has 2 aliphatic rings. The molecule has 0 aromatic rings. The molecule has 0 bridgehead atoms. The van der Waals surface area contributed by atoms with E-state index in [1.807, 2.05) is 0 Å². The van der Waals surface area contributed by atoms with E-state index in [2.05, 4.69) is 17.2 Å². The first-order chi connectivity index (χ1) is 16.6. The highest BCUT2D eigenvalue weighted by Crippen LogP contribution is 2.25. The van der Waals surface area contributed by atoms with Crippen LogP contribution < -0.4 is 10.6 Å². The highest BCUT2D eigenvalue weighted by atomic mass is 35.5. The maximum absolute atomic E-state index is 13.4. The van der Waals surface area contributed by atoms with Crippen LogP contribution in [0.1, 0.15) is 32.1 Å². The molecule has 2 rings (SSSR count). The van der Waals surface area contributed by atoms with Crippen LogP contribution in [0.4, 0.5) is 0 Å². The molecule has 3 N–H and O–H groups in total. The van der Waals surface area contributed by atoms with Crippen molar-refractivity contribution in [1.82, 2.24) is 20.7 Å². The number of halogens is 2. The maximum Gasteiger partial charge on any atom is 0.305 e. The monoisotopic (exact) mass is 528 g/mol. The molecule has 35 heavy (non-hydrogen) atoms. The molecule has 190 valence electrons. The Balaban J connectivity index is 2.28. The van der Waals surface area contributed by atoms with Gasteiger partial charge in [0.2, 0.25) is 11.8 Å². The Labute approximate surface area is 211 Å². The molecule has 0 aliphatic carbocycles. The molecule has 3 atom stereocenters. The van der Waals surface area contributed by atoms with E-state index in [1.54, 1.807) is 0 Å². The van der Waals surface area contributed by atoms with Crippen LogP contribution in [-0.2, 0) is 28.8 Å². The fourth-order valence-electron chi connectivity index (χ4n) is 3.75. The van der Waals surface area contributed by atoms with Gasteiger partial charge in [-0.15, -0.1) is 11.6 Å². The van der Waals surface area contributed by atoms with Crippen molar-refractivity contribution >= 4 is 59.1 Å². The van der Waals surface area contributed by atoms with E-state index in [9.17, 15) is 28.8 Å². The van der Waals surface area contributed by atoms with Crippen molar-refractivity contribution in [2.45, 2.75) is 50.2 Å². The molecule has 0 aromatic carbocycles. The van der Waals surface area contributed by atoms with Crippen LogP contribution in [0.2, 0.25) is 0 Å². The van der Waals surface area contributed by atoms with Gasteiger partial charge in [-0.25, -0.2) is 5.01 Å². The largest absolute Gasteiger partial charge is 0.481 e. The minimum Gasteiger partial charge on any atom is -0.481 e. The summed E-state index contributed by atoms with van der Waals surface area (Å²) in [5.41, 5.74) is 0.123. The molecule has 0 radical (unpaired) electrons. The van der Waals surface area contributed by atoms with E-state index in [4.69, 9.17) is 28.3 Å². The predicted octanol–water partition coefficient (Wildman–Crippen LogP) is 0.632. The minimum absolute atomic E-state index is 0.000800. The summed E-state index contributed by atoms with van der Waals surface area (Å²) in [6.45, 7) is 3.69. The van der Waals surface area contributed by atoms with Crippen molar-refractivity contribution in [3.8, 4) is 0 Å². The normalized spacial score (nSPS) is 21.7. The van der Waals surface area contributed by atoms with Gasteiger partial charge in [-0.2, -0.15) is 0 Å². The topological polar surface area (TPSA) is 153 Å². The fourth-order valence-corrected chi connectivity index (χ4v) is 3.98. The number of allylic oxidation sites excluding steroid dienone is 3. The highest BCUT2D eigenvalue weighted by Gasteiger charge is 2.45. The number of nitrogens with zero attached hydrogens (tertiary/aromatic N) is 2. The number of amides is 4. The van der Waals surface area contributed by atoms with Crippen LogP contribution in [-0.4, -0.2) is 81.6 Å². The Kier molecular flexibility index (Phi) is 10.5. The van der Waals surface area contributed by atoms with Gasteiger partial charge in [0.25, 0.3) is 11.8 Å². The molecule has 0 aromatic heterocycles. The average molecular weight is 529 g/mol. The van der Waals surface area contributed by atoms with Crippen molar-refractivity contribution in [3.63, 3.8) is 0 Å². The lowest BCUT2D eigenvalue weighted by atomic mass is 10.0. The molecule has 0 unspecified atom stereocenters. The number of carbonyl (C=O) groups excluding carboxylic acids is 5. The first-order valence-electron chi connectivity index (χ1n) is 10.8. The molecule has 2 heterocycles. The van der Waals surface area contributed by atoms with Gasteiger partial charge < -0.3 is 20.5 Å². The van der Waals surface area contributed by atoms with Gasteiger partial charge in [0.15, 0.2) is 0 Å². The highest BCUT2D eigenvalue weighted by molar-refractivity contribution is 6.30. The zero-order valence-corrected chi connectivity index (χ0v) is 20.3. The van der Waals surface area contributed by atoms with Crippen molar-refractivity contribution in [2.75, 3.05) is 12.4 Å². The third-order valence-electron chi connectivity index (χ3n) is 5.36. The summed E-state index contributed by atoms with van der Waals surface area (Å²) >= 11 is 11.4. The molecular weight excluding hydrogens is 503 g/mol. The van der Waals surface area contributed by atoms with Gasteiger partial charge in [0.1, 0.15) is 18.4 Å². The summed E-state index contributed by atoms with van der Waals surface area (Å²) in [6, 6.07) is -3.58. The minimum atomic E-state index is -1.30. The summed E-state index contributed by atoms with van der Waals surface area (Å²) in [5, 5.41) is 16.2. The van der Waals surface area contributed by atoms with E-state index >= 15 is 0 Å². The van der Waals surface area contributed by atoms with Gasteiger partial charge in [-0.05, 0) is 31.4 Å². The smallest absolute Gasteiger partial charge is 0.305 e. The molecule has 2 aliphatic heterocycles. The lowest BCUT2D eigenvalue weighted by Gasteiger charge is -2.43. The van der Waals surface area contributed by atoms with Crippen molar-refractivity contribution in [3.05, 3.63) is 35.4 Å². The van der Waals surface area contributed by atoms with Crippen molar-refractivity contribution < 1.29 is 33.9 Å². The van der Waals surface area contributed by atoms with Crippen LogP contribution in [0, 0.1) is 0 Å². The van der Waals surface area contributed by atoms with Gasteiger partial charge >= 0.3 is 5.97 Å². The number of hydrogen-bond acceptors (Lipinski definition) is 6. The summed E-state index contributed by atoms with van der Waals surface area (Å²) < 4.78 is 0.